The van der Waals surface area contributed by atoms with Crippen LogP contribution >= 0.6 is 0 Å². The Hall–Kier alpha value is -0.790. The van der Waals surface area contributed by atoms with Crippen LogP contribution in [0.5, 0.6) is 0 Å². The predicted octanol–water partition coefficient (Wildman–Crippen LogP) is 2.64. The van der Waals surface area contributed by atoms with Crippen molar-refractivity contribution >= 4 is 0 Å². The van der Waals surface area contributed by atoms with Gasteiger partial charge in [0.2, 0.25) is 0 Å². The lowest BCUT2D eigenvalue weighted by Gasteiger charge is -2.05. The fraction of sp³-hybridized carbons (Fsp3) is 0.727. The number of rotatable bonds is 5. The molecule has 1 aromatic rings. The van der Waals surface area contributed by atoms with Gasteiger partial charge < -0.3 is 4.57 Å². The van der Waals surface area contributed by atoms with Crippen molar-refractivity contribution in [2.45, 2.75) is 45.6 Å². The molecule has 13 heavy (non-hydrogen) atoms. The van der Waals surface area contributed by atoms with Crippen molar-refractivity contribution in [2.24, 2.45) is 5.92 Å². The zero-order valence-electron chi connectivity index (χ0n) is 8.37. The molecule has 2 nitrogen and oxygen atoms in total. The molecule has 0 aromatic carbocycles. The number of hydrogen-bond donors (Lipinski definition) is 0. The third-order valence-corrected chi connectivity index (χ3v) is 2.75. The first-order chi connectivity index (χ1) is 6.40. The van der Waals surface area contributed by atoms with E-state index in [0.717, 1.165) is 12.3 Å². The van der Waals surface area contributed by atoms with E-state index in [-0.39, 0.29) is 0 Å². The highest BCUT2D eigenvalue weighted by atomic mass is 15.1. The van der Waals surface area contributed by atoms with E-state index in [1.807, 2.05) is 6.20 Å². The topological polar surface area (TPSA) is 17.8 Å². The van der Waals surface area contributed by atoms with Crippen molar-refractivity contribution in [3.8, 4) is 0 Å². The third-order valence-electron chi connectivity index (χ3n) is 2.75. The van der Waals surface area contributed by atoms with Gasteiger partial charge in [-0.1, -0.05) is 19.8 Å². The maximum absolute atomic E-state index is 4.37. The predicted molar refractivity (Wildman–Crippen MR) is 53.6 cm³/mol. The van der Waals surface area contributed by atoms with Crippen molar-refractivity contribution in [2.75, 3.05) is 0 Å². The molecule has 1 aromatic heterocycles. The number of nitrogens with zero attached hydrogens (tertiary/aromatic N) is 2. The molecule has 0 atom stereocenters. The molecule has 0 spiro atoms. The first kappa shape index (κ1) is 8.79. The lowest BCUT2D eigenvalue weighted by molar-refractivity contribution is 0.570. The first-order valence-corrected chi connectivity index (χ1v) is 5.40. The van der Waals surface area contributed by atoms with E-state index < -0.39 is 0 Å². The molecule has 1 aliphatic carbocycles. The standard InChI is InChI=1S/C11H18N2/c1-2-3-11-12-7-9-13(11)8-6-10-4-5-10/h7,9-10H,2-6,8H2,1H3. The van der Waals surface area contributed by atoms with Crippen molar-refractivity contribution in [1.82, 2.24) is 9.55 Å². The second-order valence-corrected chi connectivity index (χ2v) is 4.02. The molecule has 1 heterocycles. The molecular weight excluding hydrogens is 160 g/mol. The zero-order chi connectivity index (χ0) is 9.10. The van der Waals surface area contributed by atoms with Gasteiger partial charge in [-0.05, 0) is 18.8 Å². The van der Waals surface area contributed by atoms with Gasteiger partial charge in [0, 0.05) is 25.4 Å². The summed E-state index contributed by atoms with van der Waals surface area (Å²) in [5.74, 6) is 2.29. The summed E-state index contributed by atoms with van der Waals surface area (Å²) in [4.78, 5) is 4.37. The maximum Gasteiger partial charge on any atom is 0.108 e. The molecule has 2 heteroatoms. The van der Waals surface area contributed by atoms with E-state index in [1.165, 1.54) is 38.1 Å². The summed E-state index contributed by atoms with van der Waals surface area (Å²) in [6.45, 7) is 3.39. The van der Waals surface area contributed by atoms with Crippen LogP contribution in [0.4, 0.5) is 0 Å². The molecule has 0 radical (unpaired) electrons. The summed E-state index contributed by atoms with van der Waals surface area (Å²) in [6.07, 6.45) is 10.6. The van der Waals surface area contributed by atoms with E-state index >= 15 is 0 Å². The molecule has 0 amide bonds. The Morgan fingerprint density at radius 2 is 2.38 bits per heavy atom. The highest BCUT2D eigenvalue weighted by molar-refractivity contribution is 4.92. The van der Waals surface area contributed by atoms with E-state index in [9.17, 15) is 0 Å². The molecule has 0 N–H and O–H groups in total. The van der Waals surface area contributed by atoms with Gasteiger partial charge in [0.1, 0.15) is 5.82 Å². The summed E-state index contributed by atoms with van der Waals surface area (Å²) >= 11 is 0. The Morgan fingerprint density at radius 1 is 1.54 bits per heavy atom. The van der Waals surface area contributed by atoms with Crippen LogP contribution in [-0.2, 0) is 13.0 Å². The minimum absolute atomic E-state index is 1.02. The molecule has 1 fully saturated rings. The van der Waals surface area contributed by atoms with Gasteiger partial charge in [-0.15, -0.1) is 0 Å². The summed E-state index contributed by atoms with van der Waals surface area (Å²) in [5, 5.41) is 0. The Morgan fingerprint density at radius 3 is 3.08 bits per heavy atom. The largest absolute Gasteiger partial charge is 0.335 e. The van der Waals surface area contributed by atoms with Crippen molar-refractivity contribution in [1.29, 1.82) is 0 Å². The molecule has 1 aliphatic rings. The number of aryl methyl sites for hydroxylation is 2. The smallest absolute Gasteiger partial charge is 0.108 e. The molecule has 0 bridgehead atoms. The van der Waals surface area contributed by atoms with Crippen molar-refractivity contribution in [3.05, 3.63) is 18.2 Å². The van der Waals surface area contributed by atoms with E-state index in [1.54, 1.807) is 0 Å². The lowest BCUT2D eigenvalue weighted by Crippen LogP contribution is -2.03. The van der Waals surface area contributed by atoms with Crippen LogP contribution in [0.3, 0.4) is 0 Å². The number of hydrogen-bond acceptors (Lipinski definition) is 1. The van der Waals surface area contributed by atoms with Gasteiger partial charge in [0.25, 0.3) is 0 Å². The van der Waals surface area contributed by atoms with E-state index in [2.05, 4.69) is 22.7 Å². The minimum Gasteiger partial charge on any atom is -0.335 e. The quantitative estimate of drug-likeness (QED) is 0.677. The average molecular weight is 178 g/mol. The Labute approximate surface area is 80.0 Å². The molecule has 0 saturated heterocycles. The Bertz CT molecular complexity index is 261. The fourth-order valence-corrected chi connectivity index (χ4v) is 1.72. The third kappa shape index (κ3) is 2.33. The zero-order valence-corrected chi connectivity index (χ0v) is 8.37. The molecule has 1 saturated carbocycles. The highest BCUT2D eigenvalue weighted by Gasteiger charge is 2.20. The van der Waals surface area contributed by atoms with Crippen LogP contribution in [0.25, 0.3) is 0 Å². The summed E-state index contributed by atoms with van der Waals surface area (Å²) in [6, 6.07) is 0. The number of aromatic nitrogens is 2. The van der Waals surface area contributed by atoms with E-state index in [0.29, 0.717) is 0 Å². The van der Waals surface area contributed by atoms with Crippen LogP contribution < -0.4 is 0 Å². The van der Waals surface area contributed by atoms with Crippen LogP contribution in [0.15, 0.2) is 12.4 Å². The Balaban J connectivity index is 1.88. The van der Waals surface area contributed by atoms with Crippen molar-refractivity contribution in [3.63, 3.8) is 0 Å². The normalized spacial score (nSPS) is 16.4. The van der Waals surface area contributed by atoms with Crippen molar-refractivity contribution < 1.29 is 0 Å². The first-order valence-electron chi connectivity index (χ1n) is 5.40. The van der Waals surface area contributed by atoms with Gasteiger partial charge in [-0.3, -0.25) is 0 Å². The Kier molecular flexibility index (Phi) is 2.67. The molecule has 0 unspecified atom stereocenters. The molecule has 0 aliphatic heterocycles. The van der Waals surface area contributed by atoms with Crippen LogP contribution in [-0.4, -0.2) is 9.55 Å². The SMILES string of the molecule is CCCc1nccn1CCC1CC1. The van der Waals surface area contributed by atoms with Gasteiger partial charge in [0.05, 0.1) is 0 Å². The molecule has 72 valence electrons. The van der Waals surface area contributed by atoms with Crippen LogP contribution in [0, 0.1) is 5.92 Å². The average Bonchev–Trinajstić information content (AvgIpc) is 2.86. The maximum atomic E-state index is 4.37. The number of imidazole rings is 1. The summed E-state index contributed by atoms with van der Waals surface area (Å²) in [5.41, 5.74) is 0. The van der Waals surface area contributed by atoms with Gasteiger partial charge in [-0.25, -0.2) is 4.98 Å². The molecular formula is C11H18N2. The fourth-order valence-electron chi connectivity index (χ4n) is 1.72. The lowest BCUT2D eigenvalue weighted by atomic mass is 10.3. The summed E-state index contributed by atoms with van der Waals surface area (Å²) in [7, 11) is 0. The second-order valence-electron chi connectivity index (χ2n) is 4.02. The molecule has 2 rings (SSSR count). The summed E-state index contributed by atoms with van der Waals surface area (Å²) < 4.78 is 2.32. The van der Waals surface area contributed by atoms with Gasteiger partial charge >= 0.3 is 0 Å². The van der Waals surface area contributed by atoms with Gasteiger partial charge in [-0.2, -0.15) is 0 Å². The minimum atomic E-state index is 1.02. The van der Waals surface area contributed by atoms with Crippen LogP contribution in [0.2, 0.25) is 0 Å². The van der Waals surface area contributed by atoms with Crippen LogP contribution in [0.1, 0.15) is 38.4 Å². The highest BCUT2D eigenvalue weighted by Crippen LogP contribution is 2.32. The van der Waals surface area contributed by atoms with E-state index in [4.69, 9.17) is 0 Å². The monoisotopic (exact) mass is 178 g/mol. The van der Waals surface area contributed by atoms with Gasteiger partial charge in [0.15, 0.2) is 0 Å². The second kappa shape index (κ2) is 3.95.